The van der Waals surface area contributed by atoms with Crippen LogP contribution in [0.4, 0.5) is 0 Å². The molecule has 6 nitrogen and oxygen atoms in total. The molecule has 2 heterocycles. The number of hydrogen-bond donors (Lipinski definition) is 0. The second kappa shape index (κ2) is 7.04. The zero-order chi connectivity index (χ0) is 18.8. The summed E-state index contributed by atoms with van der Waals surface area (Å²) in [6.45, 7) is 3.22. The molecular formula is C21H18N4O2. The van der Waals surface area contributed by atoms with E-state index in [1.165, 1.54) is 5.56 Å². The number of benzene rings is 2. The number of aryl methyl sites for hydroxylation is 1. The Balaban J connectivity index is 1.47. The molecule has 0 radical (unpaired) electrons. The standard InChI is InChI=1S/C21H18N4O2/c1-14-3-2-4-16(9-14)12-25-13-18(10-19(25)26)20-23-21(27-24-20)17-7-5-15(11-22)6-8-17/h2-9,18H,10,12-13H2,1H3. The summed E-state index contributed by atoms with van der Waals surface area (Å²) < 4.78 is 5.37. The summed E-state index contributed by atoms with van der Waals surface area (Å²) in [5, 5.41) is 13.0. The second-order valence-electron chi connectivity index (χ2n) is 6.81. The van der Waals surface area contributed by atoms with E-state index in [2.05, 4.69) is 22.3 Å². The van der Waals surface area contributed by atoms with Crippen LogP contribution in [0.3, 0.4) is 0 Å². The first-order valence-corrected chi connectivity index (χ1v) is 8.80. The molecule has 6 heteroatoms. The highest BCUT2D eigenvalue weighted by molar-refractivity contribution is 5.79. The third kappa shape index (κ3) is 3.58. The van der Waals surface area contributed by atoms with Gasteiger partial charge in [0.1, 0.15) is 0 Å². The summed E-state index contributed by atoms with van der Waals surface area (Å²) in [5.41, 5.74) is 3.64. The van der Waals surface area contributed by atoms with Crippen LogP contribution in [0, 0.1) is 18.3 Å². The first kappa shape index (κ1) is 17.0. The van der Waals surface area contributed by atoms with Crippen molar-refractivity contribution in [3.05, 3.63) is 71.0 Å². The summed E-state index contributed by atoms with van der Waals surface area (Å²) in [7, 11) is 0. The van der Waals surface area contributed by atoms with E-state index >= 15 is 0 Å². The highest BCUT2D eigenvalue weighted by Crippen LogP contribution is 2.29. The van der Waals surface area contributed by atoms with Crippen LogP contribution in [-0.4, -0.2) is 27.5 Å². The molecule has 0 N–H and O–H groups in total. The van der Waals surface area contributed by atoms with Gasteiger partial charge < -0.3 is 9.42 Å². The average molecular weight is 358 g/mol. The third-order valence-corrected chi connectivity index (χ3v) is 4.74. The number of likely N-dealkylation sites (tertiary alicyclic amines) is 1. The molecule has 1 atom stereocenters. The number of carbonyl (C=O) groups excluding carboxylic acids is 1. The molecule has 1 saturated heterocycles. The molecule has 1 aliphatic heterocycles. The Kier molecular flexibility index (Phi) is 4.43. The predicted octanol–water partition coefficient (Wildman–Crippen LogP) is 3.43. The predicted molar refractivity (Wildman–Crippen MR) is 98.4 cm³/mol. The molecule has 3 aromatic rings. The van der Waals surface area contributed by atoms with E-state index in [4.69, 9.17) is 9.78 Å². The lowest BCUT2D eigenvalue weighted by molar-refractivity contribution is -0.128. The van der Waals surface area contributed by atoms with Crippen molar-refractivity contribution in [2.24, 2.45) is 0 Å². The van der Waals surface area contributed by atoms with Crippen LogP contribution in [0.15, 0.2) is 53.1 Å². The maximum Gasteiger partial charge on any atom is 0.257 e. The van der Waals surface area contributed by atoms with Crippen molar-refractivity contribution in [2.75, 3.05) is 6.54 Å². The van der Waals surface area contributed by atoms with Gasteiger partial charge in [-0.25, -0.2) is 0 Å². The van der Waals surface area contributed by atoms with Gasteiger partial charge in [-0.15, -0.1) is 0 Å². The largest absolute Gasteiger partial charge is 0.338 e. The minimum absolute atomic E-state index is 0.0711. The normalized spacial score (nSPS) is 16.5. The van der Waals surface area contributed by atoms with Gasteiger partial charge in [-0.1, -0.05) is 35.0 Å². The highest BCUT2D eigenvalue weighted by Gasteiger charge is 2.33. The SMILES string of the molecule is Cc1cccc(CN2CC(c3noc(-c4ccc(C#N)cc4)n3)CC2=O)c1. The van der Waals surface area contributed by atoms with E-state index in [1.54, 1.807) is 24.3 Å². The quantitative estimate of drug-likeness (QED) is 0.713. The van der Waals surface area contributed by atoms with Crippen LogP contribution in [0.25, 0.3) is 11.5 Å². The number of nitriles is 1. The fourth-order valence-corrected chi connectivity index (χ4v) is 3.33. The summed E-state index contributed by atoms with van der Waals surface area (Å²) in [6, 6.07) is 17.2. The van der Waals surface area contributed by atoms with Gasteiger partial charge >= 0.3 is 0 Å². The molecule has 1 aromatic heterocycles. The van der Waals surface area contributed by atoms with Gasteiger partial charge in [0, 0.05) is 31.0 Å². The van der Waals surface area contributed by atoms with Gasteiger partial charge in [-0.3, -0.25) is 4.79 Å². The first-order chi connectivity index (χ1) is 13.1. The monoisotopic (exact) mass is 358 g/mol. The van der Waals surface area contributed by atoms with Crippen LogP contribution >= 0.6 is 0 Å². The van der Waals surface area contributed by atoms with E-state index < -0.39 is 0 Å². The van der Waals surface area contributed by atoms with Gasteiger partial charge in [0.15, 0.2) is 5.82 Å². The minimum Gasteiger partial charge on any atom is -0.338 e. The Labute approximate surface area is 157 Å². The number of amides is 1. The maximum atomic E-state index is 12.4. The first-order valence-electron chi connectivity index (χ1n) is 8.80. The number of carbonyl (C=O) groups is 1. The minimum atomic E-state index is -0.0711. The van der Waals surface area contributed by atoms with E-state index in [-0.39, 0.29) is 11.8 Å². The van der Waals surface area contributed by atoms with Gasteiger partial charge in [0.25, 0.3) is 5.89 Å². The Bertz CT molecular complexity index is 1020. The van der Waals surface area contributed by atoms with Crippen molar-refractivity contribution in [3.63, 3.8) is 0 Å². The van der Waals surface area contributed by atoms with Crippen LogP contribution < -0.4 is 0 Å². The van der Waals surface area contributed by atoms with Crippen molar-refractivity contribution in [3.8, 4) is 17.5 Å². The van der Waals surface area contributed by atoms with Crippen molar-refractivity contribution >= 4 is 5.91 Å². The van der Waals surface area contributed by atoms with Crippen LogP contribution in [0.5, 0.6) is 0 Å². The van der Waals surface area contributed by atoms with Crippen molar-refractivity contribution in [1.29, 1.82) is 5.26 Å². The molecule has 1 unspecified atom stereocenters. The van der Waals surface area contributed by atoms with Gasteiger partial charge in [-0.05, 0) is 36.8 Å². The highest BCUT2D eigenvalue weighted by atomic mass is 16.5. The second-order valence-corrected chi connectivity index (χ2v) is 6.81. The summed E-state index contributed by atoms with van der Waals surface area (Å²) in [4.78, 5) is 18.7. The third-order valence-electron chi connectivity index (χ3n) is 4.74. The van der Waals surface area contributed by atoms with E-state index in [1.807, 2.05) is 30.0 Å². The van der Waals surface area contributed by atoms with E-state index in [0.717, 1.165) is 11.1 Å². The molecule has 0 saturated carbocycles. The molecule has 1 aliphatic rings. The Hall–Kier alpha value is -3.46. The van der Waals surface area contributed by atoms with Crippen LogP contribution in [-0.2, 0) is 11.3 Å². The van der Waals surface area contributed by atoms with Gasteiger partial charge in [-0.2, -0.15) is 10.2 Å². The van der Waals surface area contributed by atoms with Crippen molar-refractivity contribution in [1.82, 2.24) is 15.0 Å². The number of hydrogen-bond acceptors (Lipinski definition) is 5. The summed E-state index contributed by atoms with van der Waals surface area (Å²) >= 11 is 0. The molecule has 1 amide bonds. The number of rotatable bonds is 4. The van der Waals surface area contributed by atoms with Crippen LogP contribution in [0.1, 0.15) is 34.9 Å². The fraction of sp³-hybridized carbons (Fsp3) is 0.238. The molecule has 1 fully saturated rings. The lowest BCUT2D eigenvalue weighted by Crippen LogP contribution is -2.24. The maximum absolute atomic E-state index is 12.4. The molecule has 0 aliphatic carbocycles. The molecule has 2 aromatic carbocycles. The summed E-state index contributed by atoms with van der Waals surface area (Å²) in [6.07, 6.45) is 0.387. The van der Waals surface area contributed by atoms with E-state index in [9.17, 15) is 4.79 Å². The molecule has 4 rings (SSSR count). The molecule has 27 heavy (non-hydrogen) atoms. The topological polar surface area (TPSA) is 83.0 Å². The number of nitrogens with zero attached hydrogens (tertiary/aromatic N) is 4. The molecule has 134 valence electrons. The zero-order valence-electron chi connectivity index (χ0n) is 14.9. The molecule has 0 bridgehead atoms. The lowest BCUT2D eigenvalue weighted by Gasteiger charge is -2.16. The van der Waals surface area contributed by atoms with Crippen molar-refractivity contribution < 1.29 is 9.32 Å². The van der Waals surface area contributed by atoms with E-state index in [0.29, 0.717) is 36.8 Å². The van der Waals surface area contributed by atoms with Gasteiger partial charge in [0.05, 0.1) is 11.6 Å². The van der Waals surface area contributed by atoms with Gasteiger partial charge in [0.2, 0.25) is 5.91 Å². The van der Waals surface area contributed by atoms with Crippen molar-refractivity contribution in [2.45, 2.75) is 25.8 Å². The zero-order valence-corrected chi connectivity index (χ0v) is 14.9. The lowest BCUT2D eigenvalue weighted by atomic mass is 10.1. The molecular weight excluding hydrogens is 340 g/mol. The Morgan fingerprint density at radius 3 is 2.81 bits per heavy atom. The summed E-state index contributed by atoms with van der Waals surface area (Å²) in [5.74, 6) is 0.984. The molecule has 0 spiro atoms. The Morgan fingerprint density at radius 2 is 2.07 bits per heavy atom. The number of aromatic nitrogens is 2. The smallest absolute Gasteiger partial charge is 0.257 e. The van der Waals surface area contributed by atoms with Crippen LogP contribution in [0.2, 0.25) is 0 Å². The average Bonchev–Trinajstić information content (AvgIpc) is 3.29. The fourth-order valence-electron chi connectivity index (χ4n) is 3.33. The Morgan fingerprint density at radius 1 is 1.26 bits per heavy atom.